The first-order chi connectivity index (χ1) is 26.5. The predicted molar refractivity (Wildman–Crippen MR) is 229 cm³/mol. The Morgan fingerprint density at radius 2 is 0.611 bits per heavy atom. The minimum atomic E-state index is -0.771. The average molecular weight is 761 g/mol. The summed E-state index contributed by atoms with van der Waals surface area (Å²) in [6.45, 7) is 6.58. The Morgan fingerprint density at radius 1 is 0.352 bits per heavy atom. The summed E-state index contributed by atoms with van der Waals surface area (Å²) >= 11 is 0. The van der Waals surface area contributed by atoms with E-state index in [-0.39, 0.29) is 31.1 Å². The van der Waals surface area contributed by atoms with Gasteiger partial charge in [0.15, 0.2) is 6.10 Å². The molecule has 6 nitrogen and oxygen atoms in total. The number of esters is 3. The van der Waals surface area contributed by atoms with Gasteiger partial charge in [-0.15, -0.1) is 0 Å². The Kier molecular flexibility index (Phi) is 41.9. The van der Waals surface area contributed by atoms with Gasteiger partial charge in [0.25, 0.3) is 0 Å². The van der Waals surface area contributed by atoms with Crippen molar-refractivity contribution in [3.05, 3.63) is 24.3 Å². The highest BCUT2D eigenvalue weighted by Crippen LogP contribution is 2.14. The van der Waals surface area contributed by atoms with Crippen molar-refractivity contribution < 1.29 is 28.6 Å². The lowest BCUT2D eigenvalue weighted by Gasteiger charge is -2.18. The zero-order chi connectivity index (χ0) is 39.4. The fraction of sp³-hybridized carbons (Fsp3) is 0.854. The van der Waals surface area contributed by atoms with Crippen molar-refractivity contribution in [1.29, 1.82) is 0 Å². The van der Waals surface area contributed by atoms with Gasteiger partial charge in [-0.1, -0.05) is 180 Å². The molecule has 0 saturated heterocycles. The topological polar surface area (TPSA) is 78.9 Å². The first kappa shape index (κ1) is 51.9. The highest BCUT2D eigenvalue weighted by Gasteiger charge is 2.19. The first-order valence-electron chi connectivity index (χ1n) is 23.3. The molecule has 1 unspecified atom stereocenters. The molecule has 0 aromatic rings. The van der Waals surface area contributed by atoms with Gasteiger partial charge in [0.2, 0.25) is 0 Å². The van der Waals surface area contributed by atoms with Crippen molar-refractivity contribution in [1.82, 2.24) is 0 Å². The van der Waals surface area contributed by atoms with Crippen LogP contribution in [0, 0.1) is 0 Å². The third-order valence-electron chi connectivity index (χ3n) is 10.2. The molecule has 0 bridgehead atoms. The molecule has 0 aromatic heterocycles. The van der Waals surface area contributed by atoms with E-state index in [1.807, 2.05) is 0 Å². The lowest BCUT2D eigenvalue weighted by Crippen LogP contribution is -2.30. The van der Waals surface area contributed by atoms with Gasteiger partial charge in [-0.25, -0.2) is 0 Å². The van der Waals surface area contributed by atoms with Crippen LogP contribution in [-0.4, -0.2) is 37.2 Å². The molecule has 0 spiro atoms. The van der Waals surface area contributed by atoms with Gasteiger partial charge in [-0.3, -0.25) is 14.4 Å². The van der Waals surface area contributed by atoms with Crippen molar-refractivity contribution in [2.75, 3.05) is 13.2 Å². The van der Waals surface area contributed by atoms with E-state index in [0.717, 1.165) is 70.6 Å². The van der Waals surface area contributed by atoms with Gasteiger partial charge in [-0.05, 0) is 70.6 Å². The van der Waals surface area contributed by atoms with Crippen molar-refractivity contribution in [3.8, 4) is 0 Å². The number of unbranched alkanes of at least 4 members (excludes halogenated alkanes) is 27. The number of hydrogen-bond donors (Lipinski definition) is 0. The molecule has 54 heavy (non-hydrogen) atoms. The van der Waals surface area contributed by atoms with Gasteiger partial charge in [0.05, 0.1) is 0 Å². The molecule has 0 aliphatic rings. The fourth-order valence-corrected chi connectivity index (χ4v) is 6.61. The molecule has 0 aliphatic carbocycles. The van der Waals surface area contributed by atoms with E-state index in [9.17, 15) is 14.4 Å². The van der Waals surface area contributed by atoms with E-state index in [1.165, 1.54) is 135 Å². The fourth-order valence-electron chi connectivity index (χ4n) is 6.61. The van der Waals surface area contributed by atoms with Gasteiger partial charge >= 0.3 is 17.9 Å². The second-order valence-electron chi connectivity index (χ2n) is 15.7. The SMILES string of the molecule is CCCCCCC/C=C\CCCCCCCC(=O)OCC(COC(=O)CCCCCCCCCC)OC(=O)CCCCCCC/C=C\CCCCCCC. The van der Waals surface area contributed by atoms with E-state index >= 15 is 0 Å². The maximum Gasteiger partial charge on any atom is 0.306 e. The number of carbonyl (C=O) groups excluding carboxylic acids is 3. The normalized spacial score (nSPS) is 12.1. The number of carbonyl (C=O) groups is 3. The maximum absolute atomic E-state index is 12.7. The van der Waals surface area contributed by atoms with E-state index in [4.69, 9.17) is 14.2 Å². The van der Waals surface area contributed by atoms with Crippen LogP contribution in [-0.2, 0) is 28.6 Å². The molecule has 0 radical (unpaired) electrons. The van der Waals surface area contributed by atoms with E-state index in [1.54, 1.807) is 0 Å². The Balaban J connectivity index is 4.34. The maximum atomic E-state index is 12.7. The highest BCUT2D eigenvalue weighted by atomic mass is 16.6. The zero-order valence-corrected chi connectivity index (χ0v) is 36.0. The summed E-state index contributed by atoms with van der Waals surface area (Å²) in [5.41, 5.74) is 0. The van der Waals surface area contributed by atoms with Crippen molar-refractivity contribution in [2.24, 2.45) is 0 Å². The molecule has 0 fully saturated rings. The second kappa shape index (κ2) is 43.6. The van der Waals surface area contributed by atoms with Crippen molar-refractivity contribution >= 4 is 17.9 Å². The van der Waals surface area contributed by atoms with E-state index in [2.05, 4.69) is 45.1 Å². The van der Waals surface area contributed by atoms with Crippen LogP contribution < -0.4 is 0 Å². The standard InChI is InChI=1S/C48H88O6/c1-4-7-10-13-16-19-21-23-25-27-29-32-35-38-41-47(50)53-44-45(43-52-46(49)40-37-34-31-18-15-12-9-6-3)54-48(51)42-39-36-33-30-28-26-24-22-20-17-14-11-8-5-2/h21-24,45H,4-20,25-44H2,1-3H3/b23-21-,24-22-. The Bertz CT molecular complexity index is 880. The number of rotatable bonds is 42. The molecule has 0 aliphatic heterocycles. The molecule has 1 atom stereocenters. The van der Waals surface area contributed by atoms with Crippen LogP contribution in [0.5, 0.6) is 0 Å². The zero-order valence-electron chi connectivity index (χ0n) is 36.0. The summed E-state index contributed by atoms with van der Waals surface area (Å²) < 4.78 is 16.7. The summed E-state index contributed by atoms with van der Waals surface area (Å²) in [6, 6.07) is 0. The minimum Gasteiger partial charge on any atom is -0.462 e. The molecule has 0 rings (SSSR count). The second-order valence-corrected chi connectivity index (χ2v) is 15.7. The lowest BCUT2D eigenvalue weighted by molar-refractivity contribution is -0.167. The summed E-state index contributed by atoms with van der Waals surface area (Å²) in [7, 11) is 0. The quantitative estimate of drug-likeness (QED) is 0.0267. The van der Waals surface area contributed by atoms with Gasteiger partial charge in [0, 0.05) is 19.3 Å². The molecule has 0 N–H and O–H groups in total. The molecular formula is C48H88O6. The summed E-state index contributed by atoms with van der Waals surface area (Å²) in [4.78, 5) is 37.7. The molecule has 316 valence electrons. The van der Waals surface area contributed by atoms with Crippen molar-refractivity contribution in [3.63, 3.8) is 0 Å². The number of allylic oxidation sites excluding steroid dienone is 4. The largest absolute Gasteiger partial charge is 0.462 e. The first-order valence-corrected chi connectivity index (χ1v) is 23.3. The third-order valence-corrected chi connectivity index (χ3v) is 10.2. The number of ether oxygens (including phenoxy) is 3. The molecule has 0 amide bonds. The summed E-state index contributed by atoms with van der Waals surface area (Å²) in [5, 5.41) is 0. The minimum absolute atomic E-state index is 0.0750. The Labute approximate surface area is 334 Å². The molecule has 0 saturated carbocycles. The summed E-state index contributed by atoms with van der Waals surface area (Å²) in [5.74, 6) is -0.892. The monoisotopic (exact) mass is 761 g/mol. The molecule has 0 heterocycles. The van der Waals surface area contributed by atoms with Crippen LogP contribution in [0.15, 0.2) is 24.3 Å². The molecular weight excluding hydrogens is 673 g/mol. The van der Waals surface area contributed by atoms with Crippen LogP contribution >= 0.6 is 0 Å². The van der Waals surface area contributed by atoms with Crippen LogP contribution in [0.1, 0.15) is 245 Å². The number of hydrogen-bond acceptors (Lipinski definition) is 6. The van der Waals surface area contributed by atoms with Crippen molar-refractivity contribution in [2.45, 2.75) is 252 Å². The van der Waals surface area contributed by atoms with Gasteiger partial charge in [-0.2, -0.15) is 0 Å². The molecule has 6 heteroatoms. The van der Waals surface area contributed by atoms with E-state index < -0.39 is 6.10 Å². The van der Waals surface area contributed by atoms with Crippen LogP contribution in [0.2, 0.25) is 0 Å². The van der Waals surface area contributed by atoms with Crippen LogP contribution in [0.3, 0.4) is 0 Å². The predicted octanol–water partition coefficient (Wildman–Crippen LogP) is 14.8. The average Bonchev–Trinajstić information content (AvgIpc) is 3.17. The van der Waals surface area contributed by atoms with E-state index in [0.29, 0.717) is 19.3 Å². The van der Waals surface area contributed by atoms with Gasteiger partial charge < -0.3 is 14.2 Å². The third kappa shape index (κ3) is 41.1. The van der Waals surface area contributed by atoms with Gasteiger partial charge in [0.1, 0.15) is 13.2 Å². The lowest BCUT2D eigenvalue weighted by atomic mass is 10.1. The molecule has 0 aromatic carbocycles. The summed E-state index contributed by atoms with van der Waals surface area (Å²) in [6.07, 6.45) is 47.3. The Morgan fingerprint density at radius 3 is 0.926 bits per heavy atom. The smallest absolute Gasteiger partial charge is 0.306 e. The van der Waals surface area contributed by atoms with Crippen LogP contribution in [0.4, 0.5) is 0 Å². The Hall–Kier alpha value is -2.11. The van der Waals surface area contributed by atoms with Crippen LogP contribution in [0.25, 0.3) is 0 Å². The highest BCUT2D eigenvalue weighted by molar-refractivity contribution is 5.71.